The number of hydrogen-bond acceptors (Lipinski definition) is 1. The van der Waals surface area contributed by atoms with E-state index < -0.39 is 0 Å². The number of allylic oxidation sites excluding steroid dienone is 2. The molecule has 15 heavy (non-hydrogen) atoms. The van der Waals surface area contributed by atoms with Crippen molar-refractivity contribution in [1.29, 1.82) is 0 Å². The van der Waals surface area contributed by atoms with Crippen LogP contribution < -0.4 is 0 Å². The van der Waals surface area contributed by atoms with Crippen LogP contribution in [0.1, 0.15) is 52.9 Å². The van der Waals surface area contributed by atoms with Crippen molar-refractivity contribution in [3.8, 4) is 0 Å². The highest BCUT2D eigenvalue weighted by molar-refractivity contribution is 5.79. The molecule has 2 aliphatic carbocycles. The van der Waals surface area contributed by atoms with E-state index in [0.717, 1.165) is 6.42 Å². The van der Waals surface area contributed by atoms with Gasteiger partial charge in [0, 0.05) is 5.92 Å². The van der Waals surface area contributed by atoms with Crippen LogP contribution in [-0.4, -0.2) is 5.78 Å². The average molecular weight is 206 g/mol. The molecule has 0 aliphatic heterocycles. The molecule has 1 fully saturated rings. The first-order valence-electron chi connectivity index (χ1n) is 6.19. The molecule has 0 aromatic carbocycles. The fourth-order valence-electron chi connectivity index (χ4n) is 3.54. The summed E-state index contributed by atoms with van der Waals surface area (Å²) in [5, 5.41) is 0. The molecule has 1 heteroatoms. The van der Waals surface area contributed by atoms with Gasteiger partial charge in [0.05, 0.1) is 0 Å². The van der Waals surface area contributed by atoms with Crippen molar-refractivity contribution in [3.05, 3.63) is 11.6 Å². The molecule has 1 saturated carbocycles. The van der Waals surface area contributed by atoms with Crippen molar-refractivity contribution in [2.24, 2.45) is 17.3 Å². The number of ketones is 1. The lowest BCUT2D eigenvalue weighted by Crippen LogP contribution is -2.27. The van der Waals surface area contributed by atoms with Crippen LogP contribution in [-0.2, 0) is 4.79 Å². The van der Waals surface area contributed by atoms with Crippen molar-refractivity contribution < 1.29 is 4.79 Å². The molecular weight excluding hydrogens is 184 g/mol. The predicted molar refractivity (Wildman–Crippen MR) is 62.6 cm³/mol. The normalized spacial score (nSPS) is 40.6. The second kappa shape index (κ2) is 3.77. The Bertz CT molecular complexity index is 302. The molecule has 84 valence electrons. The van der Waals surface area contributed by atoms with Gasteiger partial charge in [0.2, 0.25) is 0 Å². The third-order valence-corrected chi connectivity index (χ3v) is 4.70. The number of fused-ring (bicyclic) bond motifs is 1. The maximum atomic E-state index is 11.6. The van der Waals surface area contributed by atoms with Crippen LogP contribution in [0.15, 0.2) is 11.6 Å². The van der Waals surface area contributed by atoms with Gasteiger partial charge in [-0.15, -0.1) is 0 Å². The number of carbonyl (C=O) groups is 1. The summed E-state index contributed by atoms with van der Waals surface area (Å²) >= 11 is 0. The van der Waals surface area contributed by atoms with Gasteiger partial charge in [-0.05, 0) is 57.3 Å². The largest absolute Gasteiger partial charge is 0.300 e. The number of rotatable bonds is 1. The zero-order valence-electron chi connectivity index (χ0n) is 10.2. The van der Waals surface area contributed by atoms with Gasteiger partial charge in [0.15, 0.2) is 0 Å². The van der Waals surface area contributed by atoms with Crippen LogP contribution in [0.5, 0.6) is 0 Å². The number of Topliss-reactive ketones (excluding diaryl/α,β-unsaturated/α-hetero) is 1. The minimum absolute atomic E-state index is 0.356. The first kappa shape index (κ1) is 10.9. The quantitative estimate of drug-likeness (QED) is 0.597. The summed E-state index contributed by atoms with van der Waals surface area (Å²) in [7, 11) is 0. The van der Waals surface area contributed by atoms with Gasteiger partial charge < -0.3 is 0 Å². The first-order chi connectivity index (χ1) is 7.03. The highest BCUT2D eigenvalue weighted by Crippen LogP contribution is 2.53. The Hall–Kier alpha value is -0.590. The summed E-state index contributed by atoms with van der Waals surface area (Å²) in [5.41, 5.74) is 1.93. The molecule has 0 saturated heterocycles. The molecule has 0 N–H and O–H groups in total. The van der Waals surface area contributed by atoms with Crippen molar-refractivity contribution in [2.45, 2.75) is 52.9 Å². The smallest absolute Gasteiger partial charge is 0.133 e. The third-order valence-electron chi connectivity index (χ3n) is 4.70. The topological polar surface area (TPSA) is 17.1 Å². The van der Waals surface area contributed by atoms with E-state index >= 15 is 0 Å². The van der Waals surface area contributed by atoms with Gasteiger partial charge in [-0.1, -0.05) is 18.6 Å². The van der Waals surface area contributed by atoms with Crippen LogP contribution in [0, 0.1) is 17.3 Å². The minimum Gasteiger partial charge on any atom is -0.300 e. The molecule has 0 amide bonds. The Morgan fingerprint density at radius 3 is 2.87 bits per heavy atom. The Balaban J connectivity index is 2.22. The van der Waals surface area contributed by atoms with E-state index in [9.17, 15) is 4.79 Å². The van der Waals surface area contributed by atoms with Crippen LogP contribution >= 0.6 is 0 Å². The van der Waals surface area contributed by atoms with Gasteiger partial charge >= 0.3 is 0 Å². The third kappa shape index (κ3) is 1.89. The van der Waals surface area contributed by atoms with Crippen molar-refractivity contribution in [1.82, 2.24) is 0 Å². The fraction of sp³-hybridized carbons (Fsp3) is 0.786. The standard InChI is InChI=1S/C14H22O/c1-10-4-5-13-12(11(2)15)7-9-14(13,3)8-6-10/h6,12-13H,4-5,7-9H2,1-3H3/t12-,13+,14+/m0/s1. The maximum absolute atomic E-state index is 11.6. The SMILES string of the molecule is CC(=O)[C@@H]1CC[C@@]2(C)CC=C(C)CC[C@H]12. The van der Waals surface area contributed by atoms with Gasteiger partial charge in [-0.2, -0.15) is 0 Å². The van der Waals surface area contributed by atoms with Crippen LogP contribution in [0.25, 0.3) is 0 Å². The van der Waals surface area contributed by atoms with E-state index in [0.29, 0.717) is 23.0 Å². The summed E-state index contributed by atoms with van der Waals surface area (Å²) in [6.45, 7) is 6.39. The molecule has 0 unspecified atom stereocenters. The van der Waals surface area contributed by atoms with Gasteiger partial charge in [0.1, 0.15) is 5.78 Å². The van der Waals surface area contributed by atoms with E-state index in [1.165, 1.54) is 31.3 Å². The highest BCUT2D eigenvalue weighted by atomic mass is 16.1. The molecule has 0 aromatic rings. The molecule has 0 aromatic heterocycles. The summed E-state index contributed by atoms with van der Waals surface area (Å²) in [5.74, 6) is 1.42. The van der Waals surface area contributed by atoms with E-state index in [4.69, 9.17) is 0 Å². The van der Waals surface area contributed by atoms with Gasteiger partial charge in [-0.25, -0.2) is 0 Å². The zero-order chi connectivity index (χ0) is 11.1. The average Bonchev–Trinajstić information content (AvgIpc) is 2.43. The Labute approximate surface area is 92.9 Å². The molecular formula is C14H22O. The Kier molecular flexibility index (Phi) is 2.74. The monoisotopic (exact) mass is 206 g/mol. The van der Waals surface area contributed by atoms with E-state index in [-0.39, 0.29) is 0 Å². The van der Waals surface area contributed by atoms with Crippen molar-refractivity contribution in [3.63, 3.8) is 0 Å². The molecule has 0 heterocycles. The second-order valence-corrected chi connectivity index (χ2v) is 5.81. The number of carbonyl (C=O) groups excluding carboxylic acids is 1. The summed E-state index contributed by atoms with van der Waals surface area (Å²) in [4.78, 5) is 11.6. The summed E-state index contributed by atoms with van der Waals surface area (Å²) < 4.78 is 0. The summed E-state index contributed by atoms with van der Waals surface area (Å²) in [6.07, 6.45) is 8.39. The molecule has 0 spiro atoms. The van der Waals surface area contributed by atoms with E-state index in [2.05, 4.69) is 19.9 Å². The zero-order valence-corrected chi connectivity index (χ0v) is 10.2. The van der Waals surface area contributed by atoms with Gasteiger partial charge in [-0.3, -0.25) is 4.79 Å². The van der Waals surface area contributed by atoms with E-state index in [1.54, 1.807) is 6.92 Å². The van der Waals surface area contributed by atoms with Crippen LogP contribution in [0.3, 0.4) is 0 Å². The van der Waals surface area contributed by atoms with Crippen LogP contribution in [0.4, 0.5) is 0 Å². The van der Waals surface area contributed by atoms with Crippen molar-refractivity contribution >= 4 is 5.78 Å². The molecule has 3 atom stereocenters. The minimum atomic E-state index is 0.356. The predicted octanol–water partition coefficient (Wildman–Crippen LogP) is 3.74. The molecule has 0 bridgehead atoms. The molecule has 2 aliphatic rings. The first-order valence-corrected chi connectivity index (χ1v) is 6.19. The molecule has 1 nitrogen and oxygen atoms in total. The van der Waals surface area contributed by atoms with Gasteiger partial charge in [0.25, 0.3) is 0 Å². The van der Waals surface area contributed by atoms with E-state index in [1.807, 2.05) is 0 Å². The number of hydrogen-bond donors (Lipinski definition) is 0. The molecule has 2 rings (SSSR count). The lowest BCUT2D eigenvalue weighted by atomic mass is 9.73. The lowest BCUT2D eigenvalue weighted by molar-refractivity contribution is -0.122. The maximum Gasteiger partial charge on any atom is 0.133 e. The lowest BCUT2D eigenvalue weighted by Gasteiger charge is -2.31. The highest BCUT2D eigenvalue weighted by Gasteiger charge is 2.46. The van der Waals surface area contributed by atoms with Crippen molar-refractivity contribution in [2.75, 3.05) is 0 Å². The Morgan fingerprint density at radius 2 is 2.20 bits per heavy atom. The summed E-state index contributed by atoms with van der Waals surface area (Å²) in [6, 6.07) is 0. The fourth-order valence-corrected chi connectivity index (χ4v) is 3.54. The molecule has 0 radical (unpaired) electrons. The van der Waals surface area contributed by atoms with Crippen LogP contribution in [0.2, 0.25) is 0 Å². The Morgan fingerprint density at radius 1 is 1.47 bits per heavy atom. The second-order valence-electron chi connectivity index (χ2n) is 5.81.